The van der Waals surface area contributed by atoms with Gasteiger partial charge in [-0.3, -0.25) is 9.36 Å². The molecule has 0 saturated carbocycles. The first-order chi connectivity index (χ1) is 21.2. The fourth-order valence-electron chi connectivity index (χ4n) is 4.75. The lowest BCUT2D eigenvalue weighted by atomic mass is 9.97. The maximum atomic E-state index is 14.1. The largest absolute Gasteiger partial charge is 0.490 e. The second kappa shape index (κ2) is 14.5. The van der Waals surface area contributed by atoms with E-state index in [9.17, 15) is 9.59 Å². The van der Waals surface area contributed by atoms with Gasteiger partial charge < -0.3 is 18.9 Å². The van der Waals surface area contributed by atoms with E-state index in [0.717, 1.165) is 18.3 Å². The monoisotopic (exact) mass is 856 g/mol. The van der Waals surface area contributed by atoms with E-state index in [1.807, 2.05) is 62.4 Å². The molecule has 3 aromatic carbocycles. The average molecular weight is 857 g/mol. The minimum atomic E-state index is -0.787. The molecule has 1 aromatic heterocycles. The maximum Gasteiger partial charge on any atom is 0.337 e. The summed E-state index contributed by atoms with van der Waals surface area (Å²) in [6.45, 7) is 4.96. The lowest BCUT2D eigenvalue weighted by Crippen LogP contribution is -2.39. The van der Waals surface area contributed by atoms with E-state index in [1.165, 1.54) is 29.2 Å². The molecule has 44 heavy (non-hydrogen) atoms. The molecule has 0 unspecified atom stereocenters. The second-order valence-corrected chi connectivity index (χ2v) is 13.3. The Labute approximate surface area is 290 Å². The fraction of sp³-hybridized carbons (Fsp3) is 0.219. The summed E-state index contributed by atoms with van der Waals surface area (Å²) in [7, 11) is 1.30. The highest BCUT2D eigenvalue weighted by atomic mass is 127. The number of benzene rings is 3. The van der Waals surface area contributed by atoms with Crippen molar-refractivity contribution in [2.24, 2.45) is 4.99 Å². The zero-order valence-corrected chi connectivity index (χ0v) is 29.8. The summed E-state index contributed by atoms with van der Waals surface area (Å²) >= 11 is 11.9. The summed E-state index contributed by atoms with van der Waals surface area (Å²) in [6.07, 6.45) is 3.28. The summed E-state index contributed by atoms with van der Waals surface area (Å²) in [6, 6.07) is 16.1. The van der Waals surface area contributed by atoms with Crippen LogP contribution in [0.2, 0.25) is 5.02 Å². The average Bonchev–Trinajstić information content (AvgIpc) is 3.31. The molecule has 1 aliphatic heterocycles. The van der Waals surface area contributed by atoms with E-state index < -0.39 is 12.0 Å². The van der Waals surface area contributed by atoms with Gasteiger partial charge >= 0.3 is 5.97 Å². The first-order valence-corrected chi connectivity index (χ1v) is 16.9. The van der Waals surface area contributed by atoms with Crippen LogP contribution >= 0.6 is 68.1 Å². The molecule has 0 saturated heterocycles. The number of halogens is 3. The van der Waals surface area contributed by atoms with Crippen LogP contribution in [0, 0.1) is 7.14 Å². The van der Waals surface area contributed by atoms with Crippen molar-refractivity contribution < 1.29 is 23.7 Å². The van der Waals surface area contributed by atoms with Gasteiger partial charge in [-0.05, 0) is 113 Å². The highest BCUT2D eigenvalue weighted by Crippen LogP contribution is 2.35. The van der Waals surface area contributed by atoms with E-state index in [-0.39, 0.29) is 11.1 Å². The van der Waals surface area contributed by atoms with Crippen LogP contribution < -0.4 is 29.1 Å². The van der Waals surface area contributed by atoms with Crippen molar-refractivity contribution >= 4 is 80.2 Å². The minimum Gasteiger partial charge on any atom is -0.490 e. The summed E-state index contributed by atoms with van der Waals surface area (Å²) < 4.78 is 26.8. The van der Waals surface area contributed by atoms with E-state index in [1.54, 1.807) is 12.1 Å². The summed E-state index contributed by atoms with van der Waals surface area (Å²) in [5.41, 5.74) is 2.26. The third kappa shape index (κ3) is 7.00. The number of aromatic nitrogens is 1. The first kappa shape index (κ1) is 32.5. The molecular formula is C32H27ClI2N2O6S. The van der Waals surface area contributed by atoms with Gasteiger partial charge in [0, 0.05) is 20.4 Å². The van der Waals surface area contributed by atoms with Crippen LogP contribution in [-0.2, 0) is 16.1 Å². The fourth-order valence-corrected chi connectivity index (χ4v) is 7.97. The van der Waals surface area contributed by atoms with Gasteiger partial charge in [0.05, 0.1) is 40.0 Å². The number of hydrogen-bond donors (Lipinski definition) is 0. The van der Waals surface area contributed by atoms with Crippen LogP contribution in [0.15, 0.2) is 76.2 Å². The Morgan fingerprint density at radius 2 is 1.82 bits per heavy atom. The molecule has 0 fully saturated rings. The Balaban J connectivity index is 1.63. The van der Waals surface area contributed by atoms with Gasteiger partial charge in [0.1, 0.15) is 12.4 Å². The number of rotatable bonds is 10. The number of fused-ring (bicyclic) bond motifs is 1. The Bertz CT molecular complexity index is 1940. The normalized spacial score (nSPS) is 14.4. The van der Waals surface area contributed by atoms with E-state index in [4.69, 9.17) is 30.5 Å². The molecule has 4 aromatic rings. The Hall–Kier alpha value is -2.88. The zero-order chi connectivity index (χ0) is 31.4. The van der Waals surface area contributed by atoms with E-state index in [2.05, 4.69) is 50.2 Å². The molecule has 2 heterocycles. The van der Waals surface area contributed by atoms with Crippen LogP contribution in [0.1, 0.15) is 36.6 Å². The van der Waals surface area contributed by atoms with Crippen molar-refractivity contribution in [1.29, 1.82) is 0 Å². The molecule has 0 N–H and O–H groups in total. The molecule has 0 amide bonds. The number of methoxy groups -OCH3 is 1. The molecular weight excluding hydrogens is 830 g/mol. The molecule has 5 rings (SSSR count). The van der Waals surface area contributed by atoms with Crippen LogP contribution in [-0.4, -0.2) is 30.9 Å². The lowest BCUT2D eigenvalue weighted by molar-refractivity contribution is -0.136. The minimum absolute atomic E-state index is 0.229. The van der Waals surface area contributed by atoms with Gasteiger partial charge in [0.15, 0.2) is 16.3 Å². The molecule has 1 atom stereocenters. The van der Waals surface area contributed by atoms with Crippen LogP contribution in [0.3, 0.4) is 0 Å². The van der Waals surface area contributed by atoms with Gasteiger partial charge in [-0.1, -0.05) is 41.1 Å². The quantitative estimate of drug-likeness (QED) is 0.139. The van der Waals surface area contributed by atoms with Gasteiger partial charge in [-0.15, -0.1) is 0 Å². The number of nitrogens with zero attached hydrogens (tertiary/aromatic N) is 2. The van der Waals surface area contributed by atoms with Gasteiger partial charge in [-0.25, -0.2) is 9.79 Å². The number of carbonyl (C=O) groups is 1. The zero-order valence-electron chi connectivity index (χ0n) is 23.9. The maximum absolute atomic E-state index is 14.1. The van der Waals surface area contributed by atoms with Crippen molar-refractivity contribution in [3.8, 4) is 17.2 Å². The highest BCUT2D eigenvalue weighted by Gasteiger charge is 2.31. The number of ether oxygens (including phenoxy) is 4. The van der Waals surface area contributed by atoms with Gasteiger partial charge in [0.2, 0.25) is 0 Å². The Kier molecular flexibility index (Phi) is 10.7. The molecule has 0 spiro atoms. The SMILES string of the molecule is CCOc1ccc([C@@H]2C(C(=O)OC)=CN=c3s/c(=C/c4cc(I)cc(I)c4OCc4cccc(Cl)c4)c(=O)n32)cc1OCC. The molecule has 1 aliphatic rings. The van der Waals surface area contributed by atoms with Gasteiger partial charge in [0.25, 0.3) is 5.56 Å². The Morgan fingerprint density at radius 3 is 2.55 bits per heavy atom. The second-order valence-electron chi connectivity index (χ2n) is 9.47. The summed E-state index contributed by atoms with van der Waals surface area (Å²) in [4.78, 5) is 32.0. The smallest absolute Gasteiger partial charge is 0.337 e. The molecule has 228 valence electrons. The van der Waals surface area contributed by atoms with Gasteiger partial charge in [-0.2, -0.15) is 0 Å². The van der Waals surface area contributed by atoms with E-state index >= 15 is 0 Å². The predicted molar refractivity (Wildman–Crippen MR) is 188 cm³/mol. The predicted octanol–water partition coefficient (Wildman–Crippen LogP) is 6.26. The molecule has 0 bridgehead atoms. The molecule has 0 aliphatic carbocycles. The van der Waals surface area contributed by atoms with Crippen molar-refractivity contribution in [3.05, 3.63) is 115 Å². The molecule has 0 radical (unpaired) electrons. The number of thiazole rings is 1. The van der Waals surface area contributed by atoms with Crippen LogP contribution in [0.5, 0.6) is 17.2 Å². The van der Waals surface area contributed by atoms with Crippen molar-refractivity contribution in [3.63, 3.8) is 0 Å². The first-order valence-electron chi connectivity index (χ1n) is 13.6. The summed E-state index contributed by atoms with van der Waals surface area (Å²) in [5.74, 6) is 1.16. The van der Waals surface area contributed by atoms with Crippen LogP contribution in [0.4, 0.5) is 0 Å². The standard InChI is InChI=1S/C32H27ClI2N2O6S/c1-4-41-25-10-9-19(13-26(25)42-5-2)28-23(31(39)40-3)16-36-32-37(28)30(38)27(44-32)14-20-12-22(34)15-24(35)29(20)43-17-18-7-6-8-21(33)11-18/h6-16,28H,4-5,17H2,1-3H3/b27-14+/t28-/m1/s1. The number of hydrogen-bond acceptors (Lipinski definition) is 8. The highest BCUT2D eigenvalue weighted by molar-refractivity contribution is 14.1. The van der Waals surface area contributed by atoms with Crippen molar-refractivity contribution in [2.75, 3.05) is 20.3 Å². The van der Waals surface area contributed by atoms with Crippen LogP contribution in [0.25, 0.3) is 6.08 Å². The van der Waals surface area contributed by atoms with Crippen molar-refractivity contribution in [1.82, 2.24) is 4.57 Å². The number of esters is 1. The van der Waals surface area contributed by atoms with Crippen molar-refractivity contribution in [2.45, 2.75) is 26.5 Å². The topological polar surface area (TPSA) is 88.4 Å². The third-order valence-electron chi connectivity index (χ3n) is 6.60. The third-order valence-corrected chi connectivity index (χ3v) is 9.26. The van der Waals surface area contributed by atoms with E-state index in [0.29, 0.717) is 57.0 Å². The summed E-state index contributed by atoms with van der Waals surface area (Å²) in [5, 5.41) is 0.631. The molecule has 12 heteroatoms. The lowest BCUT2D eigenvalue weighted by Gasteiger charge is -2.23. The Morgan fingerprint density at radius 1 is 1.05 bits per heavy atom. The number of carbonyl (C=O) groups excluding carboxylic acids is 1. The molecule has 8 nitrogen and oxygen atoms in total.